The number of hydrogen-bond donors (Lipinski definition) is 0. The SMILES string of the molecule is CCN1CCN(C(=O)CC2CCN(c3nc4ccccc4nc3C)CC2)CC1. The van der Waals surface area contributed by atoms with Gasteiger partial charge in [-0.3, -0.25) is 4.79 Å². The van der Waals surface area contributed by atoms with Gasteiger partial charge in [0.05, 0.1) is 16.7 Å². The Bertz CT molecular complexity index is 823. The number of piperazine rings is 1. The summed E-state index contributed by atoms with van der Waals surface area (Å²) in [6.45, 7) is 11.0. The number of para-hydroxylation sites is 2. The van der Waals surface area contributed by atoms with E-state index < -0.39 is 0 Å². The number of fused-ring (bicyclic) bond motifs is 1. The summed E-state index contributed by atoms with van der Waals surface area (Å²) in [5.74, 6) is 1.83. The largest absolute Gasteiger partial charge is 0.355 e. The molecule has 0 atom stereocenters. The highest BCUT2D eigenvalue weighted by Crippen LogP contribution is 2.27. The molecular formula is C22H31N5O. The zero-order chi connectivity index (χ0) is 19.5. The fourth-order valence-electron chi connectivity index (χ4n) is 4.42. The monoisotopic (exact) mass is 381 g/mol. The molecule has 4 rings (SSSR count). The van der Waals surface area contributed by atoms with Gasteiger partial charge in [0, 0.05) is 45.7 Å². The fourth-order valence-corrected chi connectivity index (χ4v) is 4.42. The molecule has 2 aliphatic rings. The standard InChI is InChI=1S/C22H31N5O/c1-3-25-12-14-26(15-13-25)21(28)16-18-8-10-27(11-9-18)22-17(2)23-19-6-4-5-7-20(19)24-22/h4-7,18H,3,8-16H2,1-2H3. The van der Waals surface area contributed by atoms with E-state index in [0.29, 0.717) is 18.2 Å². The van der Waals surface area contributed by atoms with Gasteiger partial charge in [0.2, 0.25) is 5.91 Å². The maximum Gasteiger partial charge on any atom is 0.222 e. The number of aromatic nitrogens is 2. The molecule has 2 fully saturated rings. The number of piperidine rings is 1. The zero-order valence-electron chi connectivity index (χ0n) is 17.1. The van der Waals surface area contributed by atoms with E-state index in [-0.39, 0.29) is 0 Å². The number of hydrogen-bond acceptors (Lipinski definition) is 5. The highest BCUT2D eigenvalue weighted by Gasteiger charge is 2.27. The summed E-state index contributed by atoms with van der Waals surface area (Å²) in [4.78, 5) is 29.1. The molecule has 1 aromatic heterocycles. The van der Waals surface area contributed by atoms with Crippen molar-refractivity contribution in [3.05, 3.63) is 30.0 Å². The molecule has 0 aliphatic carbocycles. The van der Waals surface area contributed by atoms with Crippen molar-refractivity contribution in [2.75, 3.05) is 50.7 Å². The number of carbonyl (C=O) groups excluding carboxylic acids is 1. The van der Waals surface area contributed by atoms with Crippen molar-refractivity contribution in [2.45, 2.75) is 33.1 Å². The minimum atomic E-state index is 0.343. The first-order valence-corrected chi connectivity index (χ1v) is 10.6. The van der Waals surface area contributed by atoms with Crippen LogP contribution in [0.5, 0.6) is 0 Å². The first-order chi connectivity index (χ1) is 13.6. The van der Waals surface area contributed by atoms with Crippen LogP contribution in [-0.2, 0) is 4.79 Å². The first-order valence-electron chi connectivity index (χ1n) is 10.6. The molecule has 1 aromatic carbocycles. The molecule has 3 heterocycles. The number of nitrogens with zero attached hydrogens (tertiary/aromatic N) is 5. The molecule has 150 valence electrons. The molecule has 2 saturated heterocycles. The minimum Gasteiger partial charge on any atom is -0.355 e. The summed E-state index contributed by atoms with van der Waals surface area (Å²) in [6.07, 6.45) is 2.80. The van der Waals surface area contributed by atoms with E-state index in [2.05, 4.69) is 21.6 Å². The second-order valence-electron chi connectivity index (χ2n) is 8.07. The Morgan fingerprint density at radius 1 is 1.00 bits per heavy atom. The van der Waals surface area contributed by atoms with Crippen molar-refractivity contribution in [1.29, 1.82) is 0 Å². The topological polar surface area (TPSA) is 52.6 Å². The van der Waals surface area contributed by atoms with Crippen LogP contribution in [0.15, 0.2) is 24.3 Å². The van der Waals surface area contributed by atoms with Gasteiger partial charge in [0.15, 0.2) is 5.82 Å². The smallest absolute Gasteiger partial charge is 0.222 e. The number of amides is 1. The van der Waals surface area contributed by atoms with Gasteiger partial charge < -0.3 is 14.7 Å². The molecule has 6 heteroatoms. The third kappa shape index (κ3) is 4.12. The van der Waals surface area contributed by atoms with E-state index in [4.69, 9.17) is 9.97 Å². The van der Waals surface area contributed by atoms with Crippen molar-refractivity contribution in [2.24, 2.45) is 5.92 Å². The number of rotatable bonds is 4. The van der Waals surface area contributed by atoms with Crippen LogP contribution < -0.4 is 4.90 Å². The van der Waals surface area contributed by atoms with Gasteiger partial charge >= 0.3 is 0 Å². The molecule has 2 aliphatic heterocycles. The number of benzene rings is 1. The molecule has 0 unspecified atom stereocenters. The molecule has 28 heavy (non-hydrogen) atoms. The van der Waals surface area contributed by atoms with Gasteiger partial charge in [0.1, 0.15) is 0 Å². The summed E-state index contributed by atoms with van der Waals surface area (Å²) < 4.78 is 0. The molecule has 0 radical (unpaired) electrons. The van der Waals surface area contributed by atoms with Gasteiger partial charge in [0.25, 0.3) is 0 Å². The van der Waals surface area contributed by atoms with Crippen LogP contribution in [0.3, 0.4) is 0 Å². The lowest BCUT2D eigenvalue weighted by Crippen LogP contribution is -2.49. The normalized spacial score (nSPS) is 19.4. The molecule has 2 aromatic rings. The summed E-state index contributed by atoms with van der Waals surface area (Å²) >= 11 is 0. The Morgan fingerprint density at radius 2 is 1.64 bits per heavy atom. The lowest BCUT2D eigenvalue weighted by atomic mass is 9.92. The molecule has 0 spiro atoms. The Morgan fingerprint density at radius 3 is 2.29 bits per heavy atom. The first kappa shape index (κ1) is 19.1. The quantitative estimate of drug-likeness (QED) is 0.815. The van der Waals surface area contributed by atoms with Crippen molar-refractivity contribution in [1.82, 2.24) is 19.8 Å². The van der Waals surface area contributed by atoms with Crippen LogP contribution in [0, 0.1) is 12.8 Å². The third-order valence-corrected chi connectivity index (χ3v) is 6.27. The van der Waals surface area contributed by atoms with Crippen LogP contribution >= 0.6 is 0 Å². The van der Waals surface area contributed by atoms with Crippen LogP contribution in [0.1, 0.15) is 31.9 Å². The maximum atomic E-state index is 12.7. The molecule has 0 bridgehead atoms. The highest BCUT2D eigenvalue weighted by atomic mass is 16.2. The van der Waals surface area contributed by atoms with Crippen LogP contribution in [0.25, 0.3) is 11.0 Å². The summed E-state index contributed by atoms with van der Waals surface area (Å²) in [5, 5.41) is 0. The average Bonchev–Trinajstić information content (AvgIpc) is 2.74. The van der Waals surface area contributed by atoms with E-state index in [1.165, 1.54) is 0 Å². The fraction of sp³-hybridized carbons (Fsp3) is 0.591. The Balaban J connectivity index is 1.32. The number of anilines is 1. The van der Waals surface area contributed by atoms with Gasteiger partial charge in [-0.25, -0.2) is 9.97 Å². The second kappa shape index (κ2) is 8.43. The van der Waals surface area contributed by atoms with Crippen LogP contribution in [0.2, 0.25) is 0 Å². The Hall–Kier alpha value is -2.21. The molecular weight excluding hydrogens is 350 g/mol. The van der Waals surface area contributed by atoms with E-state index in [1.54, 1.807) is 0 Å². The lowest BCUT2D eigenvalue weighted by molar-refractivity contribution is -0.134. The van der Waals surface area contributed by atoms with E-state index in [0.717, 1.165) is 81.2 Å². The highest BCUT2D eigenvalue weighted by molar-refractivity contribution is 5.77. The summed E-state index contributed by atoms with van der Waals surface area (Å²) in [6, 6.07) is 8.04. The van der Waals surface area contributed by atoms with Gasteiger partial charge in [-0.1, -0.05) is 19.1 Å². The Kier molecular flexibility index (Phi) is 5.76. The Labute approximate surface area is 167 Å². The van der Waals surface area contributed by atoms with E-state index in [9.17, 15) is 4.79 Å². The van der Waals surface area contributed by atoms with Crippen LogP contribution in [-0.4, -0.2) is 71.5 Å². The zero-order valence-corrected chi connectivity index (χ0v) is 17.1. The molecule has 0 N–H and O–H groups in total. The number of likely N-dealkylation sites (N-methyl/N-ethyl adjacent to an activating group) is 1. The van der Waals surface area contributed by atoms with Crippen LogP contribution in [0.4, 0.5) is 5.82 Å². The van der Waals surface area contributed by atoms with Gasteiger partial charge in [-0.2, -0.15) is 0 Å². The predicted octanol–water partition coefficient (Wildman–Crippen LogP) is 2.71. The van der Waals surface area contributed by atoms with Gasteiger partial charge in [-0.05, 0) is 44.4 Å². The number of carbonyl (C=O) groups is 1. The average molecular weight is 382 g/mol. The lowest BCUT2D eigenvalue weighted by Gasteiger charge is -2.36. The third-order valence-electron chi connectivity index (χ3n) is 6.27. The number of aryl methyl sites for hydroxylation is 1. The van der Waals surface area contributed by atoms with Gasteiger partial charge in [-0.15, -0.1) is 0 Å². The van der Waals surface area contributed by atoms with Crippen molar-refractivity contribution in [3.8, 4) is 0 Å². The maximum absolute atomic E-state index is 12.7. The van der Waals surface area contributed by atoms with E-state index >= 15 is 0 Å². The molecule has 1 amide bonds. The summed E-state index contributed by atoms with van der Waals surface area (Å²) in [7, 11) is 0. The van der Waals surface area contributed by atoms with Crippen molar-refractivity contribution < 1.29 is 4.79 Å². The van der Waals surface area contributed by atoms with Crippen molar-refractivity contribution >= 4 is 22.8 Å². The van der Waals surface area contributed by atoms with Crippen molar-refractivity contribution in [3.63, 3.8) is 0 Å². The second-order valence-corrected chi connectivity index (χ2v) is 8.07. The summed E-state index contributed by atoms with van der Waals surface area (Å²) in [5.41, 5.74) is 2.89. The molecule has 0 saturated carbocycles. The predicted molar refractivity (Wildman–Crippen MR) is 113 cm³/mol. The van der Waals surface area contributed by atoms with E-state index in [1.807, 2.05) is 31.2 Å². The minimum absolute atomic E-state index is 0.343. The molecule has 6 nitrogen and oxygen atoms in total.